The molecule has 2 aromatic rings. The summed E-state index contributed by atoms with van der Waals surface area (Å²) in [4.78, 5) is 12.2. The number of rotatable bonds is 4. The predicted octanol–water partition coefficient (Wildman–Crippen LogP) is 3.78. The fourth-order valence-corrected chi connectivity index (χ4v) is 2.91. The van der Waals surface area contributed by atoms with Gasteiger partial charge in [0.2, 0.25) is 0 Å². The molecule has 3 nitrogen and oxygen atoms in total. The van der Waals surface area contributed by atoms with Gasteiger partial charge in [-0.2, -0.15) is 0 Å². The van der Waals surface area contributed by atoms with Gasteiger partial charge < -0.3 is 5.32 Å². The van der Waals surface area contributed by atoms with E-state index in [4.69, 9.17) is 11.6 Å². The Morgan fingerprint density at radius 1 is 1.24 bits per heavy atom. The summed E-state index contributed by atoms with van der Waals surface area (Å²) < 4.78 is 11.3. The SMILES string of the molecule is Cc1cccc(C(=O)Nc2ccc(Cl)c(C[S@@](C)=O)c2)c1. The number of nitrogens with one attached hydrogen (secondary N) is 1. The summed E-state index contributed by atoms with van der Waals surface area (Å²) in [6, 6.07) is 12.6. The molecule has 1 amide bonds. The topological polar surface area (TPSA) is 46.2 Å². The fourth-order valence-electron chi connectivity index (χ4n) is 1.97. The quantitative estimate of drug-likeness (QED) is 0.931. The highest BCUT2D eigenvalue weighted by atomic mass is 35.5. The van der Waals surface area contributed by atoms with Gasteiger partial charge in [-0.25, -0.2) is 0 Å². The van der Waals surface area contributed by atoms with Crippen LogP contribution in [0.25, 0.3) is 0 Å². The van der Waals surface area contributed by atoms with Gasteiger partial charge in [-0.1, -0.05) is 29.3 Å². The van der Waals surface area contributed by atoms with Crippen LogP contribution in [0.5, 0.6) is 0 Å². The molecule has 2 rings (SSSR count). The summed E-state index contributed by atoms with van der Waals surface area (Å²) in [5.74, 6) is 0.192. The first-order valence-corrected chi connectivity index (χ1v) is 8.52. The van der Waals surface area contributed by atoms with Gasteiger partial charge in [-0.05, 0) is 42.8 Å². The Labute approximate surface area is 131 Å². The van der Waals surface area contributed by atoms with Gasteiger partial charge in [0.15, 0.2) is 0 Å². The third-order valence-corrected chi connectivity index (χ3v) is 4.03. The molecule has 0 saturated carbocycles. The van der Waals surface area contributed by atoms with Gasteiger partial charge in [0.1, 0.15) is 0 Å². The van der Waals surface area contributed by atoms with Crippen molar-refractivity contribution in [1.82, 2.24) is 0 Å². The van der Waals surface area contributed by atoms with Crippen LogP contribution >= 0.6 is 11.6 Å². The molecule has 0 aromatic heterocycles. The van der Waals surface area contributed by atoms with Crippen LogP contribution in [-0.2, 0) is 16.6 Å². The smallest absolute Gasteiger partial charge is 0.255 e. The lowest BCUT2D eigenvalue weighted by molar-refractivity contribution is 0.102. The first-order valence-electron chi connectivity index (χ1n) is 6.42. The second-order valence-corrected chi connectivity index (χ2v) is 6.69. The summed E-state index contributed by atoms with van der Waals surface area (Å²) in [6.07, 6.45) is 1.62. The first kappa shape index (κ1) is 15.7. The second kappa shape index (κ2) is 6.87. The lowest BCUT2D eigenvalue weighted by atomic mass is 10.1. The maximum atomic E-state index is 12.2. The second-order valence-electron chi connectivity index (χ2n) is 4.85. The lowest BCUT2D eigenvalue weighted by Crippen LogP contribution is -2.12. The van der Waals surface area contributed by atoms with Gasteiger partial charge in [0, 0.05) is 39.1 Å². The van der Waals surface area contributed by atoms with Crippen molar-refractivity contribution in [3.8, 4) is 0 Å². The van der Waals surface area contributed by atoms with Crippen LogP contribution in [0.1, 0.15) is 21.5 Å². The van der Waals surface area contributed by atoms with E-state index in [-0.39, 0.29) is 5.91 Å². The number of aryl methyl sites for hydroxylation is 1. The number of hydrogen-bond acceptors (Lipinski definition) is 2. The normalized spacial score (nSPS) is 12.0. The number of benzene rings is 2. The molecule has 0 aliphatic heterocycles. The maximum absolute atomic E-state index is 12.2. The van der Waals surface area contributed by atoms with Crippen LogP contribution in [-0.4, -0.2) is 16.4 Å². The average Bonchev–Trinajstić information content (AvgIpc) is 2.42. The van der Waals surface area contributed by atoms with E-state index in [1.807, 2.05) is 25.1 Å². The Balaban J connectivity index is 2.19. The summed E-state index contributed by atoms with van der Waals surface area (Å²) >= 11 is 6.07. The number of carbonyl (C=O) groups excluding carboxylic acids is 1. The molecule has 0 bridgehead atoms. The molecule has 1 atom stereocenters. The Hall–Kier alpha value is -1.65. The summed E-state index contributed by atoms with van der Waals surface area (Å²) in [5.41, 5.74) is 3.04. The predicted molar refractivity (Wildman–Crippen MR) is 88.4 cm³/mol. The van der Waals surface area contributed by atoms with Gasteiger partial charge in [0.25, 0.3) is 5.91 Å². The molecule has 5 heteroatoms. The van der Waals surface area contributed by atoms with Crippen LogP contribution < -0.4 is 5.32 Å². The van der Waals surface area contributed by atoms with E-state index in [1.54, 1.807) is 30.5 Å². The highest BCUT2D eigenvalue weighted by molar-refractivity contribution is 7.83. The fraction of sp³-hybridized carbons (Fsp3) is 0.188. The van der Waals surface area contributed by atoms with E-state index in [0.29, 0.717) is 22.0 Å². The minimum Gasteiger partial charge on any atom is -0.322 e. The van der Waals surface area contributed by atoms with Gasteiger partial charge in [-0.15, -0.1) is 0 Å². The molecule has 0 spiro atoms. The largest absolute Gasteiger partial charge is 0.322 e. The molecule has 0 heterocycles. The van der Waals surface area contributed by atoms with Crippen molar-refractivity contribution < 1.29 is 9.00 Å². The summed E-state index contributed by atoms with van der Waals surface area (Å²) in [5, 5.41) is 3.38. The standard InChI is InChI=1S/C16H16ClNO2S/c1-11-4-3-5-12(8-11)16(19)18-14-6-7-15(17)13(9-14)10-21(2)20/h3-9H,10H2,1-2H3,(H,18,19)/t21-/m1/s1. The third-order valence-electron chi connectivity index (χ3n) is 2.94. The summed E-state index contributed by atoms with van der Waals surface area (Å²) in [7, 11) is -0.984. The lowest BCUT2D eigenvalue weighted by Gasteiger charge is -2.09. The number of carbonyl (C=O) groups is 1. The molecule has 0 radical (unpaired) electrons. The van der Waals surface area contributed by atoms with Crippen molar-refractivity contribution in [3.63, 3.8) is 0 Å². The molecule has 110 valence electrons. The van der Waals surface area contributed by atoms with Crippen molar-refractivity contribution >= 4 is 34.0 Å². The van der Waals surface area contributed by atoms with Gasteiger partial charge in [-0.3, -0.25) is 9.00 Å². The maximum Gasteiger partial charge on any atom is 0.255 e. The minimum absolute atomic E-state index is 0.176. The zero-order valence-electron chi connectivity index (χ0n) is 11.9. The van der Waals surface area contributed by atoms with Crippen LogP contribution in [0, 0.1) is 6.92 Å². The Bertz CT molecular complexity index is 700. The molecule has 2 aromatic carbocycles. The molecular weight excluding hydrogens is 306 g/mol. The highest BCUT2D eigenvalue weighted by Gasteiger charge is 2.09. The van der Waals surface area contributed by atoms with Crippen LogP contribution in [0.15, 0.2) is 42.5 Å². The Morgan fingerprint density at radius 2 is 2.00 bits per heavy atom. The average molecular weight is 322 g/mol. The molecule has 0 aliphatic carbocycles. The van der Waals surface area contributed by atoms with E-state index in [9.17, 15) is 9.00 Å². The zero-order chi connectivity index (χ0) is 15.4. The third kappa shape index (κ3) is 4.41. The number of anilines is 1. The summed E-state index contributed by atoms with van der Waals surface area (Å²) in [6.45, 7) is 1.94. The van der Waals surface area contributed by atoms with Gasteiger partial charge in [0.05, 0.1) is 0 Å². The molecule has 0 fully saturated rings. The number of hydrogen-bond donors (Lipinski definition) is 1. The van der Waals surface area contributed by atoms with Crippen molar-refractivity contribution in [3.05, 3.63) is 64.2 Å². The van der Waals surface area contributed by atoms with E-state index in [2.05, 4.69) is 5.32 Å². The molecule has 1 N–H and O–H groups in total. The van der Waals surface area contributed by atoms with E-state index in [1.165, 1.54) is 0 Å². The van der Waals surface area contributed by atoms with E-state index in [0.717, 1.165) is 11.1 Å². The Morgan fingerprint density at radius 3 is 2.67 bits per heavy atom. The zero-order valence-corrected chi connectivity index (χ0v) is 13.4. The van der Waals surface area contributed by atoms with E-state index < -0.39 is 10.8 Å². The van der Waals surface area contributed by atoms with Gasteiger partial charge >= 0.3 is 0 Å². The molecule has 0 aliphatic rings. The van der Waals surface area contributed by atoms with Crippen molar-refractivity contribution in [1.29, 1.82) is 0 Å². The van der Waals surface area contributed by atoms with Crippen molar-refractivity contribution in [2.75, 3.05) is 11.6 Å². The highest BCUT2D eigenvalue weighted by Crippen LogP contribution is 2.22. The van der Waals surface area contributed by atoms with Crippen LogP contribution in [0.4, 0.5) is 5.69 Å². The molecule has 21 heavy (non-hydrogen) atoms. The number of amides is 1. The van der Waals surface area contributed by atoms with E-state index >= 15 is 0 Å². The number of halogens is 1. The molecular formula is C16H16ClNO2S. The molecule has 0 unspecified atom stereocenters. The molecule has 0 saturated heterocycles. The van der Waals surface area contributed by atoms with Crippen LogP contribution in [0.2, 0.25) is 5.02 Å². The Kier molecular flexibility index (Phi) is 5.15. The van der Waals surface area contributed by atoms with Crippen molar-refractivity contribution in [2.24, 2.45) is 0 Å². The minimum atomic E-state index is -0.984. The van der Waals surface area contributed by atoms with Crippen LogP contribution in [0.3, 0.4) is 0 Å². The first-order chi connectivity index (χ1) is 9.95. The van der Waals surface area contributed by atoms with Crippen molar-refractivity contribution in [2.45, 2.75) is 12.7 Å². The monoisotopic (exact) mass is 321 g/mol.